The van der Waals surface area contributed by atoms with Crippen LogP contribution in [0, 0.1) is 6.92 Å². The molecule has 2 heterocycles. The van der Waals surface area contributed by atoms with Gasteiger partial charge >= 0.3 is 0 Å². The molecule has 0 saturated carbocycles. The van der Waals surface area contributed by atoms with E-state index >= 15 is 0 Å². The van der Waals surface area contributed by atoms with Crippen molar-refractivity contribution in [2.45, 2.75) is 20.2 Å². The number of amides is 1. The lowest BCUT2D eigenvalue weighted by Crippen LogP contribution is -2.23. The van der Waals surface area contributed by atoms with Gasteiger partial charge in [0.05, 0.1) is 6.20 Å². The summed E-state index contributed by atoms with van der Waals surface area (Å²) in [6, 6.07) is 7.08. The van der Waals surface area contributed by atoms with Crippen molar-refractivity contribution in [1.29, 1.82) is 0 Å². The van der Waals surface area contributed by atoms with Crippen LogP contribution < -0.4 is 10.1 Å². The summed E-state index contributed by atoms with van der Waals surface area (Å²) in [5, 5.41) is 11.8. The highest BCUT2D eigenvalue weighted by Gasteiger charge is 2.10. The fraction of sp³-hybridized carbons (Fsp3) is 0.235. The van der Waals surface area contributed by atoms with Crippen LogP contribution in [0.4, 0.5) is 0 Å². The SMILES string of the molecule is Cc1cc(OCn2ccc(C(=O)NCc3cnn(C)c3)n2)ccc1Cl. The minimum atomic E-state index is -0.245. The summed E-state index contributed by atoms with van der Waals surface area (Å²) in [6.45, 7) is 2.52. The van der Waals surface area contributed by atoms with E-state index in [4.69, 9.17) is 16.3 Å². The number of hydrogen-bond donors (Lipinski definition) is 1. The molecule has 0 spiro atoms. The third-order valence-electron chi connectivity index (χ3n) is 3.58. The number of carbonyl (C=O) groups excluding carboxylic acids is 1. The second kappa shape index (κ2) is 7.40. The van der Waals surface area contributed by atoms with Crippen LogP contribution in [0.1, 0.15) is 21.6 Å². The lowest BCUT2D eigenvalue weighted by Gasteiger charge is -2.07. The Balaban J connectivity index is 1.54. The molecule has 8 heteroatoms. The first kappa shape index (κ1) is 17.0. The molecule has 1 N–H and O–H groups in total. The topological polar surface area (TPSA) is 74.0 Å². The van der Waals surface area contributed by atoms with E-state index in [9.17, 15) is 4.79 Å². The maximum atomic E-state index is 12.1. The van der Waals surface area contributed by atoms with E-state index < -0.39 is 0 Å². The van der Waals surface area contributed by atoms with Crippen LogP contribution in [0.2, 0.25) is 5.02 Å². The Kier molecular flexibility index (Phi) is 5.04. The van der Waals surface area contributed by atoms with Gasteiger partial charge in [0.1, 0.15) is 11.4 Å². The zero-order valence-electron chi connectivity index (χ0n) is 13.9. The van der Waals surface area contributed by atoms with E-state index in [0.29, 0.717) is 23.0 Å². The second-order valence-corrected chi connectivity index (χ2v) is 6.04. The Morgan fingerprint density at radius 3 is 2.92 bits per heavy atom. The number of aryl methyl sites for hydroxylation is 2. The van der Waals surface area contributed by atoms with E-state index in [-0.39, 0.29) is 12.6 Å². The van der Waals surface area contributed by atoms with Crippen molar-refractivity contribution in [1.82, 2.24) is 24.9 Å². The average molecular weight is 360 g/mol. The maximum Gasteiger partial charge on any atom is 0.272 e. The second-order valence-electron chi connectivity index (χ2n) is 5.63. The summed E-state index contributed by atoms with van der Waals surface area (Å²) in [6.07, 6.45) is 5.25. The molecular weight excluding hydrogens is 342 g/mol. The van der Waals surface area contributed by atoms with Crippen molar-refractivity contribution in [3.8, 4) is 5.75 Å². The van der Waals surface area contributed by atoms with Crippen LogP contribution in [-0.2, 0) is 20.3 Å². The summed E-state index contributed by atoms with van der Waals surface area (Å²) in [7, 11) is 1.83. The number of carbonyl (C=O) groups is 1. The first-order chi connectivity index (χ1) is 12.0. The highest BCUT2D eigenvalue weighted by atomic mass is 35.5. The molecule has 0 radical (unpaired) electrons. The van der Waals surface area contributed by atoms with Crippen LogP contribution in [0.15, 0.2) is 42.9 Å². The summed E-state index contributed by atoms with van der Waals surface area (Å²) in [5.74, 6) is 0.449. The maximum absolute atomic E-state index is 12.1. The average Bonchev–Trinajstić information content (AvgIpc) is 3.23. The molecule has 0 aliphatic carbocycles. The van der Waals surface area contributed by atoms with E-state index in [2.05, 4.69) is 15.5 Å². The minimum Gasteiger partial charge on any atom is -0.471 e. The van der Waals surface area contributed by atoms with Crippen LogP contribution in [0.5, 0.6) is 5.75 Å². The number of hydrogen-bond acceptors (Lipinski definition) is 4. The van der Waals surface area contributed by atoms with Crippen molar-refractivity contribution in [2.24, 2.45) is 7.05 Å². The van der Waals surface area contributed by atoms with E-state index in [0.717, 1.165) is 11.1 Å². The van der Waals surface area contributed by atoms with E-state index in [1.54, 1.807) is 40.0 Å². The predicted octanol–water partition coefficient (Wildman–Crippen LogP) is 2.54. The van der Waals surface area contributed by atoms with Gasteiger partial charge in [-0.3, -0.25) is 9.48 Å². The van der Waals surface area contributed by atoms with Crippen molar-refractivity contribution in [3.05, 3.63) is 64.7 Å². The Bertz CT molecular complexity index is 887. The van der Waals surface area contributed by atoms with Gasteiger partial charge in [0.15, 0.2) is 6.73 Å². The van der Waals surface area contributed by atoms with Crippen molar-refractivity contribution < 1.29 is 9.53 Å². The standard InChI is InChI=1S/C17H18ClN5O2/c1-12-7-14(3-4-15(12)18)25-11-23-6-5-16(21-23)17(24)19-8-13-9-20-22(2)10-13/h3-7,9-10H,8,11H2,1-2H3,(H,19,24). The Labute approximate surface area is 150 Å². The predicted molar refractivity (Wildman–Crippen MR) is 93.4 cm³/mol. The normalized spacial score (nSPS) is 10.7. The summed E-state index contributed by atoms with van der Waals surface area (Å²) in [5.41, 5.74) is 2.20. The lowest BCUT2D eigenvalue weighted by molar-refractivity contribution is 0.0944. The third-order valence-corrected chi connectivity index (χ3v) is 4.00. The number of benzene rings is 1. The molecule has 7 nitrogen and oxygen atoms in total. The number of halogens is 1. The van der Waals surface area contributed by atoms with Crippen LogP contribution in [0.3, 0.4) is 0 Å². The van der Waals surface area contributed by atoms with Crippen molar-refractivity contribution in [2.75, 3.05) is 0 Å². The molecule has 1 aromatic carbocycles. The molecule has 0 saturated heterocycles. The van der Waals surface area contributed by atoms with Crippen LogP contribution in [-0.4, -0.2) is 25.5 Å². The Morgan fingerprint density at radius 2 is 2.20 bits per heavy atom. The van der Waals surface area contributed by atoms with Gasteiger partial charge in [-0.05, 0) is 36.8 Å². The molecule has 130 valence electrons. The number of rotatable bonds is 6. The molecule has 0 unspecified atom stereocenters. The molecule has 0 aliphatic rings. The van der Waals surface area contributed by atoms with Gasteiger partial charge in [-0.2, -0.15) is 10.2 Å². The van der Waals surface area contributed by atoms with Crippen LogP contribution in [0.25, 0.3) is 0 Å². The fourth-order valence-electron chi connectivity index (χ4n) is 2.24. The number of aromatic nitrogens is 4. The minimum absolute atomic E-state index is 0.205. The molecule has 0 bridgehead atoms. The largest absolute Gasteiger partial charge is 0.471 e. The lowest BCUT2D eigenvalue weighted by atomic mass is 10.2. The summed E-state index contributed by atoms with van der Waals surface area (Å²) in [4.78, 5) is 12.1. The van der Waals surface area contributed by atoms with Crippen molar-refractivity contribution >= 4 is 17.5 Å². The number of ether oxygens (including phenoxy) is 1. The fourth-order valence-corrected chi connectivity index (χ4v) is 2.36. The van der Waals surface area contributed by atoms with E-state index in [1.807, 2.05) is 26.2 Å². The molecule has 0 fully saturated rings. The smallest absolute Gasteiger partial charge is 0.272 e. The summed E-state index contributed by atoms with van der Waals surface area (Å²) < 4.78 is 8.90. The van der Waals surface area contributed by atoms with Gasteiger partial charge in [0.25, 0.3) is 5.91 Å². The molecule has 0 aliphatic heterocycles. The zero-order chi connectivity index (χ0) is 17.8. The highest BCUT2D eigenvalue weighted by Crippen LogP contribution is 2.21. The highest BCUT2D eigenvalue weighted by molar-refractivity contribution is 6.31. The number of nitrogens with zero attached hydrogens (tertiary/aromatic N) is 4. The molecule has 0 atom stereocenters. The van der Waals surface area contributed by atoms with Gasteiger partial charge in [-0.25, -0.2) is 4.68 Å². The first-order valence-corrected chi connectivity index (χ1v) is 8.07. The molecule has 25 heavy (non-hydrogen) atoms. The Hall–Kier alpha value is -2.80. The molecule has 3 rings (SSSR count). The monoisotopic (exact) mass is 359 g/mol. The van der Waals surface area contributed by atoms with Crippen molar-refractivity contribution in [3.63, 3.8) is 0 Å². The molecule has 3 aromatic rings. The van der Waals surface area contributed by atoms with E-state index in [1.165, 1.54) is 0 Å². The molecule has 2 aromatic heterocycles. The molecular formula is C17H18ClN5O2. The van der Waals surface area contributed by atoms with Crippen LogP contribution >= 0.6 is 11.6 Å². The third kappa shape index (κ3) is 4.39. The summed E-state index contributed by atoms with van der Waals surface area (Å²) >= 11 is 5.99. The quantitative estimate of drug-likeness (QED) is 0.734. The Morgan fingerprint density at radius 1 is 1.36 bits per heavy atom. The van der Waals surface area contributed by atoms with Gasteiger partial charge in [0.2, 0.25) is 0 Å². The van der Waals surface area contributed by atoms with Gasteiger partial charge < -0.3 is 10.1 Å². The molecule has 1 amide bonds. The van der Waals surface area contributed by atoms with Gasteiger partial charge in [0, 0.05) is 36.6 Å². The zero-order valence-corrected chi connectivity index (χ0v) is 14.7. The van der Waals surface area contributed by atoms with Gasteiger partial charge in [-0.1, -0.05) is 11.6 Å². The first-order valence-electron chi connectivity index (χ1n) is 7.69. The number of nitrogens with one attached hydrogen (secondary N) is 1. The van der Waals surface area contributed by atoms with Gasteiger partial charge in [-0.15, -0.1) is 0 Å².